The number of carbonyl (C=O) groups is 1. The molecule has 0 aromatic heterocycles. The maximum Gasteiger partial charge on any atom is 0.251 e. The molecule has 0 heterocycles. The average Bonchev–Trinajstić information content (AvgIpc) is 2.59. The Labute approximate surface area is 154 Å². The van der Waals surface area contributed by atoms with E-state index in [0.717, 1.165) is 21.9 Å². The Balaban J connectivity index is 1.93. The summed E-state index contributed by atoms with van der Waals surface area (Å²) in [5, 5.41) is 2.87. The number of sulfonamides is 1. The molecule has 0 fully saturated rings. The molecule has 1 amide bonds. The van der Waals surface area contributed by atoms with Gasteiger partial charge in [-0.1, -0.05) is 18.2 Å². The number of nitrogens with one attached hydrogen (secondary N) is 1. The van der Waals surface area contributed by atoms with Crippen LogP contribution in [0, 0.1) is 6.92 Å². The van der Waals surface area contributed by atoms with Crippen molar-refractivity contribution in [2.24, 2.45) is 0 Å². The Morgan fingerprint density at radius 3 is 2.35 bits per heavy atom. The van der Waals surface area contributed by atoms with Gasteiger partial charge in [-0.3, -0.25) is 9.10 Å². The fourth-order valence-corrected chi connectivity index (χ4v) is 2.80. The van der Waals surface area contributed by atoms with E-state index in [9.17, 15) is 13.2 Å². The first-order chi connectivity index (χ1) is 12.2. The van der Waals surface area contributed by atoms with E-state index in [4.69, 9.17) is 4.74 Å². The summed E-state index contributed by atoms with van der Waals surface area (Å²) in [4.78, 5) is 12.3. The topological polar surface area (TPSA) is 75.7 Å². The second-order valence-electron chi connectivity index (χ2n) is 6.23. The van der Waals surface area contributed by atoms with E-state index in [1.807, 2.05) is 38.1 Å². The summed E-state index contributed by atoms with van der Waals surface area (Å²) in [5.41, 5.74) is 2.00. The third kappa shape index (κ3) is 5.23. The molecule has 6 nitrogen and oxygen atoms in total. The first kappa shape index (κ1) is 19.8. The van der Waals surface area contributed by atoms with Crippen LogP contribution < -0.4 is 14.4 Å². The van der Waals surface area contributed by atoms with Crippen molar-refractivity contribution in [1.82, 2.24) is 5.32 Å². The first-order valence-electron chi connectivity index (χ1n) is 8.21. The number of para-hydroxylation sites is 1. The minimum absolute atomic E-state index is 0.180. The molecule has 0 aliphatic rings. The molecule has 26 heavy (non-hydrogen) atoms. The normalized spacial score (nSPS) is 12.3. The SMILES string of the molecule is Cc1ccccc1OCC(C)NC(=O)c1ccc(N(C)S(C)(=O)=O)cc1. The molecular weight excluding hydrogens is 352 g/mol. The predicted molar refractivity (Wildman–Crippen MR) is 103 cm³/mol. The summed E-state index contributed by atoms with van der Waals surface area (Å²) in [6.07, 6.45) is 1.13. The van der Waals surface area contributed by atoms with Crippen molar-refractivity contribution in [2.45, 2.75) is 19.9 Å². The van der Waals surface area contributed by atoms with E-state index in [0.29, 0.717) is 17.9 Å². The molecule has 2 aromatic carbocycles. The minimum Gasteiger partial charge on any atom is -0.491 e. The molecule has 0 aliphatic carbocycles. The molecule has 0 saturated heterocycles. The maximum absolute atomic E-state index is 12.3. The van der Waals surface area contributed by atoms with Gasteiger partial charge in [-0.15, -0.1) is 0 Å². The quantitative estimate of drug-likeness (QED) is 0.806. The van der Waals surface area contributed by atoms with Gasteiger partial charge in [-0.2, -0.15) is 0 Å². The molecule has 0 radical (unpaired) electrons. The molecule has 7 heteroatoms. The van der Waals surface area contributed by atoms with Crippen molar-refractivity contribution in [3.8, 4) is 5.75 Å². The standard InChI is InChI=1S/C19H24N2O4S/c1-14-7-5-6-8-18(14)25-13-15(2)20-19(22)16-9-11-17(12-10-16)21(3)26(4,23)24/h5-12,15H,13H2,1-4H3,(H,20,22). The summed E-state index contributed by atoms with van der Waals surface area (Å²) in [6.45, 7) is 4.18. The van der Waals surface area contributed by atoms with Crippen LogP contribution in [0.3, 0.4) is 0 Å². The Hall–Kier alpha value is -2.54. The zero-order valence-corrected chi connectivity index (χ0v) is 16.2. The second kappa shape index (κ2) is 8.23. The molecule has 0 spiro atoms. The number of hydrogen-bond acceptors (Lipinski definition) is 4. The lowest BCUT2D eigenvalue weighted by Gasteiger charge is -2.18. The molecule has 0 bridgehead atoms. The monoisotopic (exact) mass is 376 g/mol. The Bertz CT molecular complexity index is 863. The molecule has 1 N–H and O–H groups in total. The largest absolute Gasteiger partial charge is 0.491 e. The molecule has 2 rings (SSSR count). The number of ether oxygens (including phenoxy) is 1. The summed E-state index contributed by atoms with van der Waals surface area (Å²) in [5.74, 6) is 0.557. The minimum atomic E-state index is -3.33. The smallest absolute Gasteiger partial charge is 0.251 e. The lowest BCUT2D eigenvalue weighted by Crippen LogP contribution is -2.36. The number of aryl methyl sites for hydroxylation is 1. The van der Waals surface area contributed by atoms with Gasteiger partial charge in [-0.25, -0.2) is 8.42 Å². The summed E-state index contributed by atoms with van der Waals surface area (Å²) in [6, 6.07) is 13.9. The van der Waals surface area contributed by atoms with Crippen LogP contribution >= 0.6 is 0 Å². The van der Waals surface area contributed by atoms with E-state index in [1.54, 1.807) is 24.3 Å². The predicted octanol–water partition coefficient (Wildman–Crippen LogP) is 2.59. The summed E-state index contributed by atoms with van der Waals surface area (Å²) < 4.78 is 30.0. The van der Waals surface area contributed by atoms with Crippen LogP contribution in [0.2, 0.25) is 0 Å². The van der Waals surface area contributed by atoms with Crippen LogP contribution in [0.1, 0.15) is 22.8 Å². The van der Waals surface area contributed by atoms with Gasteiger partial charge in [0.15, 0.2) is 0 Å². The number of hydrogen-bond donors (Lipinski definition) is 1. The molecule has 0 aliphatic heterocycles. The van der Waals surface area contributed by atoms with Crippen LogP contribution in [0.4, 0.5) is 5.69 Å². The van der Waals surface area contributed by atoms with Crippen molar-refractivity contribution in [2.75, 3.05) is 24.2 Å². The number of carbonyl (C=O) groups excluding carboxylic acids is 1. The van der Waals surface area contributed by atoms with Crippen LogP contribution in [0.5, 0.6) is 5.75 Å². The van der Waals surface area contributed by atoms with Gasteiger partial charge in [0.25, 0.3) is 5.91 Å². The molecule has 1 atom stereocenters. The molecule has 1 unspecified atom stereocenters. The van der Waals surface area contributed by atoms with Crippen molar-refractivity contribution >= 4 is 21.6 Å². The van der Waals surface area contributed by atoms with E-state index in [-0.39, 0.29) is 11.9 Å². The van der Waals surface area contributed by atoms with Gasteiger partial charge < -0.3 is 10.1 Å². The van der Waals surface area contributed by atoms with Crippen LogP contribution in [-0.4, -0.2) is 40.3 Å². The van der Waals surface area contributed by atoms with Crippen LogP contribution in [0.25, 0.3) is 0 Å². The number of amides is 1. The van der Waals surface area contributed by atoms with Gasteiger partial charge in [0.05, 0.1) is 18.0 Å². The van der Waals surface area contributed by atoms with E-state index in [1.165, 1.54) is 7.05 Å². The fourth-order valence-electron chi connectivity index (χ4n) is 2.30. The lowest BCUT2D eigenvalue weighted by molar-refractivity contribution is 0.0926. The van der Waals surface area contributed by atoms with Gasteiger partial charge in [-0.05, 0) is 49.7 Å². The number of rotatable bonds is 7. The van der Waals surface area contributed by atoms with Crippen molar-refractivity contribution in [1.29, 1.82) is 0 Å². The highest BCUT2D eigenvalue weighted by Gasteiger charge is 2.14. The number of anilines is 1. The maximum atomic E-state index is 12.3. The van der Waals surface area contributed by atoms with E-state index in [2.05, 4.69) is 5.32 Å². The van der Waals surface area contributed by atoms with E-state index < -0.39 is 10.0 Å². The van der Waals surface area contributed by atoms with Gasteiger partial charge >= 0.3 is 0 Å². The highest BCUT2D eigenvalue weighted by Crippen LogP contribution is 2.17. The number of benzene rings is 2. The molecular formula is C19H24N2O4S. The van der Waals surface area contributed by atoms with Crippen molar-refractivity contribution < 1.29 is 17.9 Å². The number of nitrogens with zero attached hydrogens (tertiary/aromatic N) is 1. The van der Waals surface area contributed by atoms with Gasteiger partial charge in [0.2, 0.25) is 10.0 Å². The van der Waals surface area contributed by atoms with Crippen molar-refractivity contribution in [3.63, 3.8) is 0 Å². The fraction of sp³-hybridized carbons (Fsp3) is 0.316. The molecule has 140 valence electrons. The third-order valence-electron chi connectivity index (χ3n) is 3.95. The zero-order chi connectivity index (χ0) is 19.3. The summed E-state index contributed by atoms with van der Waals surface area (Å²) in [7, 11) is -1.86. The summed E-state index contributed by atoms with van der Waals surface area (Å²) >= 11 is 0. The first-order valence-corrected chi connectivity index (χ1v) is 10.1. The second-order valence-corrected chi connectivity index (χ2v) is 8.24. The highest BCUT2D eigenvalue weighted by molar-refractivity contribution is 7.92. The van der Waals surface area contributed by atoms with Crippen LogP contribution in [-0.2, 0) is 10.0 Å². The zero-order valence-electron chi connectivity index (χ0n) is 15.4. The Morgan fingerprint density at radius 2 is 1.77 bits per heavy atom. The molecule has 0 saturated carbocycles. The third-order valence-corrected chi connectivity index (χ3v) is 5.16. The van der Waals surface area contributed by atoms with Gasteiger partial charge in [0.1, 0.15) is 12.4 Å². The van der Waals surface area contributed by atoms with Crippen molar-refractivity contribution in [3.05, 3.63) is 59.7 Å². The average molecular weight is 376 g/mol. The Kier molecular flexibility index (Phi) is 6.26. The van der Waals surface area contributed by atoms with E-state index >= 15 is 0 Å². The highest BCUT2D eigenvalue weighted by atomic mass is 32.2. The molecule has 2 aromatic rings. The Morgan fingerprint density at radius 1 is 1.15 bits per heavy atom. The van der Waals surface area contributed by atoms with Crippen LogP contribution in [0.15, 0.2) is 48.5 Å². The lowest BCUT2D eigenvalue weighted by atomic mass is 10.2. The van der Waals surface area contributed by atoms with Gasteiger partial charge in [0, 0.05) is 12.6 Å².